The summed E-state index contributed by atoms with van der Waals surface area (Å²) in [6.07, 6.45) is 0. The molecule has 0 spiro atoms. The fraction of sp³-hybridized carbons (Fsp3) is 0.385. The molecule has 2 aliphatic rings. The monoisotopic (exact) mass is 580 g/mol. The van der Waals surface area contributed by atoms with E-state index in [1.54, 1.807) is 50.4 Å². The van der Waals surface area contributed by atoms with Gasteiger partial charge in [0, 0.05) is 55.0 Å². The maximum atomic E-state index is 13.3. The van der Waals surface area contributed by atoms with E-state index in [1.165, 1.54) is 21.3 Å². The summed E-state index contributed by atoms with van der Waals surface area (Å²) in [6.45, 7) is 5.09. The van der Waals surface area contributed by atoms with E-state index in [1.807, 2.05) is 11.8 Å². The number of carbonyl (C=O) groups excluding carboxylic acids is 2. The van der Waals surface area contributed by atoms with Crippen molar-refractivity contribution in [3.8, 4) is 0 Å². The third-order valence-corrected chi connectivity index (χ3v) is 9.25. The molecule has 0 aromatic heterocycles. The zero-order valence-electron chi connectivity index (χ0n) is 21.4. The number of urea groups is 1. The Labute approximate surface area is 233 Å². The number of hydrogen-bond acceptors (Lipinski definition) is 6. The van der Waals surface area contributed by atoms with Crippen molar-refractivity contribution in [2.24, 2.45) is 0 Å². The van der Waals surface area contributed by atoms with Gasteiger partial charge in [-0.2, -0.15) is 4.31 Å². The van der Waals surface area contributed by atoms with E-state index < -0.39 is 22.0 Å². The molecule has 2 aromatic rings. The molecule has 204 valence electrons. The van der Waals surface area contributed by atoms with E-state index in [0.29, 0.717) is 40.0 Å². The van der Waals surface area contributed by atoms with Crippen LogP contribution in [0.5, 0.6) is 0 Å². The number of carbonyl (C=O) groups is 2. The molecule has 2 heterocycles. The molecule has 2 atom stereocenters. The average molecular weight is 582 g/mol. The van der Waals surface area contributed by atoms with Gasteiger partial charge in [0.05, 0.1) is 23.1 Å². The van der Waals surface area contributed by atoms with E-state index in [2.05, 4.69) is 5.32 Å². The van der Waals surface area contributed by atoms with Gasteiger partial charge < -0.3 is 10.1 Å². The van der Waals surface area contributed by atoms with Gasteiger partial charge in [-0.1, -0.05) is 35.3 Å². The topological polar surface area (TPSA) is 99.3 Å². The Bertz CT molecular complexity index is 1330. The number of benzene rings is 2. The Hall–Kier alpha value is -2.63. The zero-order valence-corrected chi connectivity index (χ0v) is 23.7. The molecular formula is C26H30Cl2N4O5S. The van der Waals surface area contributed by atoms with E-state index in [4.69, 9.17) is 27.9 Å². The minimum Gasteiger partial charge on any atom is -0.463 e. The number of rotatable bonds is 7. The summed E-state index contributed by atoms with van der Waals surface area (Å²) in [4.78, 5) is 29.8. The molecule has 2 aromatic carbocycles. The predicted molar refractivity (Wildman–Crippen MR) is 145 cm³/mol. The minimum absolute atomic E-state index is 0.179. The molecule has 1 saturated heterocycles. The summed E-state index contributed by atoms with van der Waals surface area (Å²) >= 11 is 12.0. The Morgan fingerprint density at radius 2 is 1.66 bits per heavy atom. The second-order valence-corrected chi connectivity index (χ2v) is 12.0. The molecule has 1 N–H and O–H groups in total. The van der Waals surface area contributed by atoms with Crippen LogP contribution in [0.15, 0.2) is 64.7 Å². The van der Waals surface area contributed by atoms with Gasteiger partial charge in [0.2, 0.25) is 10.0 Å². The molecule has 2 aliphatic heterocycles. The van der Waals surface area contributed by atoms with Crippen molar-refractivity contribution in [1.29, 1.82) is 0 Å². The molecule has 4 rings (SSSR count). The predicted octanol–water partition coefficient (Wildman–Crippen LogP) is 3.90. The highest BCUT2D eigenvalue weighted by atomic mass is 35.5. The second kappa shape index (κ2) is 11.6. The van der Waals surface area contributed by atoms with Gasteiger partial charge >= 0.3 is 12.0 Å². The van der Waals surface area contributed by atoms with Gasteiger partial charge in [-0.15, -0.1) is 0 Å². The molecule has 1 fully saturated rings. The first-order valence-electron chi connectivity index (χ1n) is 12.2. The lowest BCUT2D eigenvalue weighted by Crippen LogP contribution is -2.56. The number of halogens is 2. The highest BCUT2D eigenvalue weighted by Crippen LogP contribution is 2.33. The molecule has 12 heteroatoms. The first-order valence-corrected chi connectivity index (χ1v) is 14.4. The third-order valence-electron chi connectivity index (χ3n) is 6.72. The van der Waals surface area contributed by atoms with Crippen molar-refractivity contribution < 1.29 is 22.7 Å². The number of ether oxygens (including phenoxy) is 1. The Balaban J connectivity index is 1.62. The summed E-state index contributed by atoms with van der Waals surface area (Å²) in [7, 11) is -2.10. The van der Waals surface area contributed by atoms with Crippen LogP contribution in [0.3, 0.4) is 0 Å². The lowest BCUT2D eigenvalue weighted by atomic mass is 9.94. The van der Waals surface area contributed by atoms with Crippen molar-refractivity contribution in [2.45, 2.75) is 30.8 Å². The molecule has 0 radical (unpaired) electrons. The van der Waals surface area contributed by atoms with Crippen molar-refractivity contribution in [1.82, 2.24) is 19.4 Å². The summed E-state index contributed by atoms with van der Waals surface area (Å²) in [5.74, 6) is -0.522. The number of sulfonamides is 1. The molecule has 38 heavy (non-hydrogen) atoms. The molecule has 0 aliphatic carbocycles. The first kappa shape index (κ1) is 28.4. The lowest BCUT2D eigenvalue weighted by molar-refractivity contribution is -0.139. The van der Waals surface area contributed by atoms with Gasteiger partial charge in [0.1, 0.15) is 0 Å². The minimum atomic E-state index is -3.71. The van der Waals surface area contributed by atoms with Crippen molar-refractivity contribution >= 4 is 45.2 Å². The molecule has 0 unspecified atom stereocenters. The standard InChI is InChI=1S/C26H30Cl2N4O5S/c1-4-37-25(33)23-22(30(3)26(34)29-24(23)18-5-7-19(27)8-6-18)16-31-13-14-32(17(2)15-31)38(35,36)21-11-9-20(28)10-12-21/h5-12,17,24H,4,13-16H2,1-3H3,(H,29,34)/t17-,24+/m0/s1. The van der Waals surface area contributed by atoms with E-state index in [0.717, 1.165) is 0 Å². The average Bonchev–Trinajstić information content (AvgIpc) is 2.87. The number of hydrogen-bond donors (Lipinski definition) is 1. The van der Waals surface area contributed by atoms with Crippen LogP contribution in [0.2, 0.25) is 10.0 Å². The number of likely N-dealkylation sites (N-methyl/N-ethyl adjacent to an activating group) is 1. The van der Waals surface area contributed by atoms with Crippen LogP contribution in [0.4, 0.5) is 4.79 Å². The number of nitrogens with zero attached hydrogens (tertiary/aromatic N) is 3. The van der Waals surface area contributed by atoms with E-state index >= 15 is 0 Å². The SMILES string of the molecule is CCOC(=O)C1=C(CN2CCN(S(=O)(=O)c3ccc(Cl)cc3)[C@@H](C)C2)N(C)C(=O)N[C@@H]1c1ccc(Cl)cc1. The quantitative estimate of drug-likeness (QED) is 0.498. The summed E-state index contributed by atoms with van der Waals surface area (Å²) < 4.78 is 33.4. The first-order chi connectivity index (χ1) is 18.0. The Morgan fingerprint density at radius 3 is 2.24 bits per heavy atom. The van der Waals surface area contributed by atoms with Crippen LogP contribution in [-0.2, 0) is 19.6 Å². The smallest absolute Gasteiger partial charge is 0.338 e. The van der Waals surface area contributed by atoms with Gasteiger partial charge in [-0.25, -0.2) is 18.0 Å². The summed E-state index contributed by atoms with van der Waals surface area (Å²) in [5.41, 5.74) is 1.54. The normalized spacial score (nSPS) is 21.4. The Kier molecular flexibility index (Phi) is 8.68. The Morgan fingerprint density at radius 1 is 1.05 bits per heavy atom. The van der Waals surface area contributed by atoms with Crippen molar-refractivity contribution in [3.05, 3.63) is 75.4 Å². The van der Waals surface area contributed by atoms with Crippen LogP contribution < -0.4 is 5.32 Å². The lowest BCUT2D eigenvalue weighted by Gasteiger charge is -2.41. The zero-order chi connectivity index (χ0) is 27.6. The van der Waals surface area contributed by atoms with Crippen LogP contribution >= 0.6 is 23.2 Å². The van der Waals surface area contributed by atoms with E-state index in [-0.39, 0.29) is 36.7 Å². The molecule has 2 amide bonds. The van der Waals surface area contributed by atoms with Gasteiger partial charge in [-0.05, 0) is 55.8 Å². The fourth-order valence-electron chi connectivity index (χ4n) is 4.77. The number of piperazine rings is 1. The second-order valence-electron chi connectivity index (χ2n) is 9.23. The maximum Gasteiger partial charge on any atom is 0.338 e. The number of esters is 1. The fourth-order valence-corrected chi connectivity index (χ4v) is 6.64. The van der Waals surface area contributed by atoms with Crippen molar-refractivity contribution in [2.75, 3.05) is 39.8 Å². The molecule has 9 nitrogen and oxygen atoms in total. The maximum absolute atomic E-state index is 13.3. The van der Waals surface area contributed by atoms with Gasteiger partial charge in [0.15, 0.2) is 0 Å². The highest BCUT2D eigenvalue weighted by Gasteiger charge is 2.39. The van der Waals surface area contributed by atoms with E-state index in [9.17, 15) is 18.0 Å². The third kappa shape index (κ3) is 5.84. The van der Waals surface area contributed by atoms with Gasteiger partial charge in [0.25, 0.3) is 0 Å². The van der Waals surface area contributed by atoms with Crippen LogP contribution in [0.25, 0.3) is 0 Å². The van der Waals surface area contributed by atoms with Crippen LogP contribution in [-0.4, -0.2) is 80.4 Å². The van der Waals surface area contributed by atoms with Gasteiger partial charge in [-0.3, -0.25) is 9.80 Å². The number of nitrogens with one attached hydrogen (secondary N) is 1. The molecule has 0 bridgehead atoms. The summed E-state index contributed by atoms with van der Waals surface area (Å²) in [6, 6.07) is 11.6. The number of amides is 2. The van der Waals surface area contributed by atoms with Crippen molar-refractivity contribution in [3.63, 3.8) is 0 Å². The molecular weight excluding hydrogens is 551 g/mol. The highest BCUT2D eigenvalue weighted by molar-refractivity contribution is 7.89. The summed E-state index contributed by atoms with van der Waals surface area (Å²) in [5, 5.41) is 3.89. The van der Waals surface area contributed by atoms with Crippen LogP contribution in [0, 0.1) is 0 Å². The largest absolute Gasteiger partial charge is 0.463 e. The van der Waals surface area contributed by atoms with Crippen LogP contribution in [0.1, 0.15) is 25.5 Å². The molecule has 0 saturated carbocycles.